The molecule has 0 saturated heterocycles. The van der Waals surface area contributed by atoms with E-state index in [4.69, 9.17) is 0 Å². The average molecular weight is 394 g/mol. The van der Waals surface area contributed by atoms with Crippen molar-refractivity contribution in [3.63, 3.8) is 0 Å². The van der Waals surface area contributed by atoms with E-state index in [1.54, 1.807) is 21.6 Å². The predicted molar refractivity (Wildman–Crippen MR) is 111 cm³/mol. The van der Waals surface area contributed by atoms with Crippen LogP contribution in [0.25, 0.3) is 10.8 Å². The second-order valence-corrected chi connectivity index (χ2v) is 7.78. The highest BCUT2D eigenvalue weighted by Gasteiger charge is 2.23. The maximum atomic E-state index is 12.9. The number of rotatable bonds is 5. The molecule has 0 saturated carbocycles. The van der Waals surface area contributed by atoms with E-state index >= 15 is 0 Å². The van der Waals surface area contributed by atoms with E-state index in [0.29, 0.717) is 31.5 Å². The number of hydrogen-bond donors (Lipinski definition) is 1. The van der Waals surface area contributed by atoms with Crippen molar-refractivity contribution in [2.45, 2.75) is 38.4 Å². The summed E-state index contributed by atoms with van der Waals surface area (Å²) < 4.78 is 3.30. The van der Waals surface area contributed by atoms with Gasteiger partial charge in [0.25, 0.3) is 5.91 Å². The Morgan fingerprint density at radius 1 is 1.24 bits per heavy atom. The van der Waals surface area contributed by atoms with Gasteiger partial charge in [-0.1, -0.05) is 24.3 Å². The van der Waals surface area contributed by atoms with Gasteiger partial charge in [0, 0.05) is 43.3 Å². The lowest BCUT2D eigenvalue weighted by Gasteiger charge is -2.16. The number of nitrogens with one attached hydrogen (secondary N) is 1. The van der Waals surface area contributed by atoms with Gasteiger partial charge in [-0.25, -0.2) is 9.48 Å². The predicted octanol–water partition coefficient (Wildman–Crippen LogP) is 1.29. The average Bonchev–Trinajstić information content (AvgIpc) is 2.88. The Kier molecular flexibility index (Phi) is 5.44. The van der Waals surface area contributed by atoms with E-state index in [1.165, 1.54) is 0 Å². The van der Waals surface area contributed by atoms with Crippen LogP contribution in [0.2, 0.25) is 0 Å². The number of fused-ring (bicyclic) bond motifs is 2. The number of pyridine rings is 1. The monoisotopic (exact) mass is 394 g/mol. The minimum atomic E-state index is -0.123. The van der Waals surface area contributed by atoms with Gasteiger partial charge >= 0.3 is 5.69 Å². The normalized spacial score (nSPS) is 16.6. The van der Waals surface area contributed by atoms with Gasteiger partial charge in [0.15, 0.2) is 0 Å². The van der Waals surface area contributed by atoms with E-state index in [2.05, 4.69) is 15.4 Å². The van der Waals surface area contributed by atoms with Crippen LogP contribution in [0.15, 0.2) is 41.5 Å². The van der Waals surface area contributed by atoms with Crippen molar-refractivity contribution in [2.75, 3.05) is 20.6 Å². The molecular formula is C21H26N6O2. The summed E-state index contributed by atoms with van der Waals surface area (Å²) >= 11 is 0. The van der Waals surface area contributed by atoms with Gasteiger partial charge in [0.1, 0.15) is 5.82 Å². The van der Waals surface area contributed by atoms with Crippen molar-refractivity contribution in [1.82, 2.24) is 29.5 Å². The molecule has 0 bridgehead atoms. The summed E-state index contributed by atoms with van der Waals surface area (Å²) in [6.45, 7) is 1.92. The van der Waals surface area contributed by atoms with Crippen LogP contribution in [0.1, 0.15) is 29.0 Å². The molecule has 8 heteroatoms. The van der Waals surface area contributed by atoms with Crippen LogP contribution in [-0.2, 0) is 19.5 Å². The molecule has 1 atom stereocenters. The molecule has 8 nitrogen and oxygen atoms in total. The van der Waals surface area contributed by atoms with Crippen LogP contribution in [-0.4, -0.2) is 56.8 Å². The first-order valence-corrected chi connectivity index (χ1v) is 9.98. The van der Waals surface area contributed by atoms with Crippen LogP contribution in [0.3, 0.4) is 0 Å². The third kappa shape index (κ3) is 4.07. The van der Waals surface area contributed by atoms with Crippen LogP contribution < -0.4 is 11.0 Å². The Bertz CT molecular complexity index is 1080. The van der Waals surface area contributed by atoms with Gasteiger partial charge in [-0.3, -0.25) is 14.3 Å². The van der Waals surface area contributed by atoms with E-state index < -0.39 is 0 Å². The zero-order chi connectivity index (χ0) is 20.4. The molecule has 1 amide bonds. The lowest BCUT2D eigenvalue weighted by Crippen LogP contribution is -2.36. The van der Waals surface area contributed by atoms with Gasteiger partial charge in [-0.15, -0.1) is 0 Å². The molecule has 2 aromatic heterocycles. The molecule has 152 valence electrons. The maximum absolute atomic E-state index is 12.9. The van der Waals surface area contributed by atoms with Crippen LogP contribution >= 0.6 is 0 Å². The van der Waals surface area contributed by atoms with E-state index in [1.807, 2.05) is 43.3 Å². The third-order valence-corrected chi connectivity index (χ3v) is 5.42. The number of amides is 1. The highest BCUT2D eigenvalue weighted by Crippen LogP contribution is 2.18. The number of carbonyl (C=O) groups is 1. The van der Waals surface area contributed by atoms with Gasteiger partial charge in [0.2, 0.25) is 0 Å². The summed E-state index contributed by atoms with van der Waals surface area (Å²) in [4.78, 5) is 31.7. The van der Waals surface area contributed by atoms with Crippen LogP contribution in [0, 0.1) is 0 Å². The van der Waals surface area contributed by atoms with Crippen molar-refractivity contribution in [3.8, 4) is 0 Å². The number of aromatic nitrogens is 4. The molecule has 29 heavy (non-hydrogen) atoms. The molecule has 0 radical (unpaired) electrons. The largest absolute Gasteiger partial charge is 0.349 e. The fourth-order valence-electron chi connectivity index (χ4n) is 3.77. The highest BCUT2D eigenvalue weighted by molar-refractivity contribution is 6.06. The van der Waals surface area contributed by atoms with Gasteiger partial charge in [-0.05, 0) is 32.3 Å². The molecule has 1 aliphatic rings. The topological polar surface area (TPSA) is 85.0 Å². The lowest BCUT2D eigenvalue weighted by atomic mass is 10.1. The second-order valence-electron chi connectivity index (χ2n) is 7.78. The van der Waals surface area contributed by atoms with E-state index in [-0.39, 0.29) is 17.6 Å². The summed E-state index contributed by atoms with van der Waals surface area (Å²) in [6, 6.07) is 7.74. The van der Waals surface area contributed by atoms with Crippen LogP contribution in [0.5, 0.6) is 0 Å². The molecule has 1 aliphatic heterocycles. The van der Waals surface area contributed by atoms with Crippen molar-refractivity contribution in [3.05, 3.63) is 58.5 Å². The summed E-state index contributed by atoms with van der Waals surface area (Å²) in [7, 11) is 3.95. The van der Waals surface area contributed by atoms with Crippen molar-refractivity contribution >= 4 is 16.7 Å². The minimum absolute atomic E-state index is 0.00204. The number of benzene rings is 1. The molecule has 1 aromatic carbocycles. The number of aryl methyl sites for hydroxylation is 1. The number of likely N-dealkylation sites (N-methyl/N-ethyl adjacent to an activating group) is 1. The molecule has 3 aromatic rings. The zero-order valence-corrected chi connectivity index (χ0v) is 16.8. The van der Waals surface area contributed by atoms with Gasteiger partial charge in [0.05, 0.1) is 12.1 Å². The Morgan fingerprint density at radius 2 is 2.07 bits per heavy atom. The summed E-state index contributed by atoms with van der Waals surface area (Å²) in [5, 5.41) is 9.48. The first-order chi connectivity index (χ1) is 14.0. The molecule has 1 unspecified atom stereocenters. The fraction of sp³-hybridized carbons (Fsp3) is 0.429. The molecule has 3 heterocycles. The molecule has 4 rings (SSSR count). The van der Waals surface area contributed by atoms with E-state index in [9.17, 15) is 9.59 Å². The minimum Gasteiger partial charge on any atom is -0.349 e. The molecule has 1 N–H and O–H groups in total. The fourth-order valence-corrected chi connectivity index (χ4v) is 3.77. The Hall–Kier alpha value is -3.00. The van der Waals surface area contributed by atoms with Crippen molar-refractivity contribution < 1.29 is 4.79 Å². The molecule has 0 spiro atoms. The number of carbonyl (C=O) groups excluding carboxylic acids is 1. The third-order valence-electron chi connectivity index (χ3n) is 5.42. The van der Waals surface area contributed by atoms with E-state index in [0.717, 1.165) is 29.6 Å². The Labute approximate surface area is 169 Å². The summed E-state index contributed by atoms with van der Waals surface area (Å²) in [5.41, 5.74) is 0.517. The lowest BCUT2D eigenvalue weighted by molar-refractivity contribution is 0.0934. The first-order valence-electron chi connectivity index (χ1n) is 9.98. The smallest absolute Gasteiger partial charge is 0.345 e. The molecular weight excluding hydrogens is 368 g/mol. The van der Waals surface area contributed by atoms with Gasteiger partial charge < -0.3 is 10.2 Å². The molecule has 0 fully saturated rings. The standard InChI is InChI=1S/C21H26N6O2/c1-25(2)11-12-27-21(29)26-10-9-16(7-8-19(26)24-27)23-20(28)18-14-22-13-15-5-3-4-6-17(15)18/h3-6,13-14,16H,7-12H2,1-2H3,(H,23,28). The van der Waals surface area contributed by atoms with Crippen molar-refractivity contribution in [2.24, 2.45) is 0 Å². The summed E-state index contributed by atoms with van der Waals surface area (Å²) in [6.07, 6.45) is 5.51. The highest BCUT2D eigenvalue weighted by atomic mass is 16.2. The van der Waals surface area contributed by atoms with Gasteiger partial charge in [-0.2, -0.15) is 5.10 Å². The SMILES string of the molecule is CN(C)CCn1nc2n(c1=O)CCC(NC(=O)c1cncc3ccccc13)CC2. The Balaban J connectivity index is 1.45. The zero-order valence-electron chi connectivity index (χ0n) is 16.8. The summed E-state index contributed by atoms with van der Waals surface area (Å²) in [5.74, 6) is 0.680. The first kappa shape index (κ1) is 19.3. The number of hydrogen-bond acceptors (Lipinski definition) is 5. The Morgan fingerprint density at radius 3 is 2.90 bits per heavy atom. The quantitative estimate of drug-likeness (QED) is 0.705. The maximum Gasteiger partial charge on any atom is 0.345 e. The second kappa shape index (κ2) is 8.16. The number of nitrogens with zero attached hydrogens (tertiary/aromatic N) is 5. The molecule has 0 aliphatic carbocycles. The van der Waals surface area contributed by atoms with Crippen molar-refractivity contribution in [1.29, 1.82) is 0 Å². The van der Waals surface area contributed by atoms with Crippen LogP contribution in [0.4, 0.5) is 0 Å².